The molecular weight excluding hydrogens is 423 g/mol. The van der Waals surface area contributed by atoms with Gasteiger partial charge in [-0.2, -0.15) is 5.10 Å². The summed E-state index contributed by atoms with van der Waals surface area (Å²) in [6.45, 7) is 0. The van der Waals surface area contributed by atoms with Gasteiger partial charge in [0.1, 0.15) is 5.75 Å². The van der Waals surface area contributed by atoms with E-state index in [-0.39, 0.29) is 23.2 Å². The molecule has 0 saturated heterocycles. The number of aromatic nitrogens is 2. The number of aliphatic hydroxyl groups excluding tert-OH is 1. The molecule has 0 amide bonds. The molecule has 3 aromatic rings. The molecular formula is C23H20Cl2N2O3. The van der Waals surface area contributed by atoms with E-state index in [9.17, 15) is 9.90 Å². The lowest BCUT2D eigenvalue weighted by Crippen LogP contribution is -2.68. The van der Waals surface area contributed by atoms with Gasteiger partial charge in [0.15, 0.2) is 11.9 Å². The van der Waals surface area contributed by atoms with Gasteiger partial charge in [-0.3, -0.25) is 9.48 Å². The maximum Gasteiger partial charge on any atom is 0.173 e. The van der Waals surface area contributed by atoms with Crippen LogP contribution < -0.4 is 4.74 Å². The van der Waals surface area contributed by atoms with E-state index in [4.69, 9.17) is 27.9 Å². The van der Waals surface area contributed by atoms with Crippen molar-refractivity contribution in [3.8, 4) is 5.75 Å². The number of ether oxygens (including phenoxy) is 1. The Hall–Kier alpha value is -2.08. The zero-order chi connectivity index (χ0) is 20.7. The Balaban J connectivity index is 1.15. The summed E-state index contributed by atoms with van der Waals surface area (Å²) in [5, 5.41) is 17.4. The molecule has 5 nitrogen and oxygen atoms in total. The van der Waals surface area contributed by atoms with Crippen molar-refractivity contribution in [2.24, 2.45) is 5.41 Å². The maximum absolute atomic E-state index is 13.0. The zero-order valence-electron chi connectivity index (χ0n) is 16.1. The lowest BCUT2D eigenvalue weighted by atomic mass is 9.38. The van der Waals surface area contributed by atoms with Gasteiger partial charge in [0.25, 0.3) is 0 Å². The third kappa shape index (κ3) is 2.65. The highest BCUT2D eigenvalue weighted by molar-refractivity contribution is 6.31. The maximum atomic E-state index is 13.0. The summed E-state index contributed by atoms with van der Waals surface area (Å²) in [7, 11) is 0. The fraction of sp³-hybridized carbons (Fsp3) is 0.391. The molecule has 1 aromatic heterocycles. The molecule has 0 unspecified atom stereocenters. The van der Waals surface area contributed by atoms with Crippen LogP contribution in [0.2, 0.25) is 10.0 Å². The molecule has 3 fully saturated rings. The first kappa shape index (κ1) is 18.7. The van der Waals surface area contributed by atoms with E-state index in [1.807, 2.05) is 24.4 Å². The predicted molar refractivity (Wildman–Crippen MR) is 114 cm³/mol. The number of nitrogens with zero attached hydrogens (tertiary/aromatic N) is 2. The second-order valence-electron chi connectivity index (χ2n) is 9.20. The van der Waals surface area contributed by atoms with E-state index in [0.29, 0.717) is 27.8 Å². The Morgan fingerprint density at radius 3 is 2.70 bits per heavy atom. The topological polar surface area (TPSA) is 64.4 Å². The molecule has 1 aliphatic heterocycles. The van der Waals surface area contributed by atoms with E-state index in [2.05, 4.69) is 9.78 Å². The second-order valence-corrected chi connectivity index (χ2v) is 10.1. The minimum Gasteiger partial charge on any atom is -0.482 e. The molecule has 154 valence electrons. The van der Waals surface area contributed by atoms with Crippen LogP contribution in [0, 0.1) is 5.41 Å². The first-order chi connectivity index (χ1) is 14.4. The Labute approximate surface area is 183 Å². The SMILES string of the molecule is O=C(CC12CC(n3ncc4cc(Cl)ccc43)(C1)C2)[C@H]1C[C@@H](O)c2cc(Cl)ccc2O1. The summed E-state index contributed by atoms with van der Waals surface area (Å²) in [5.41, 5.74) is 1.80. The van der Waals surface area contributed by atoms with Gasteiger partial charge in [-0.05, 0) is 61.1 Å². The highest BCUT2D eigenvalue weighted by atomic mass is 35.5. The summed E-state index contributed by atoms with van der Waals surface area (Å²) in [6.07, 6.45) is 4.14. The summed E-state index contributed by atoms with van der Waals surface area (Å²) >= 11 is 12.1. The van der Waals surface area contributed by atoms with Crippen molar-refractivity contribution in [2.45, 2.75) is 49.9 Å². The van der Waals surface area contributed by atoms with E-state index < -0.39 is 12.2 Å². The van der Waals surface area contributed by atoms with Crippen LogP contribution in [0.1, 0.15) is 43.8 Å². The van der Waals surface area contributed by atoms with Crippen molar-refractivity contribution in [3.63, 3.8) is 0 Å². The number of hydrogen-bond donors (Lipinski definition) is 1. The molecule has 2 bridgehead atoms. The van der Waals surface area contributed by atoms with E-state index in [0.717, 1.165) is 30.2 Å². The molecule has 7 heteroatoms. The first-order valence-electron chi connectivity index (χ1n) is 10.2. The largest absolute Gasteiger partial charge is 0.482 e. The van der Waals surface area contributed by atoms with Crippen LogP contribution in [0.4, 0.5) is 0 Å². The fourth-order valence-corrected chi connectivity index (χ4v) is 6.19. The quantitative estimate of drug-likeness (QED) is 0.612. The van der Waals surface area contributed by atoms with Gasteiger partial charge in [-0.15, -0.1) is 0 Å². The van der Waals surface area contributed by atoms with Crippen LogP contribution in [-0.2, 0) is 10.3 Å². The average Bonchev–Trinajstić information content (AvgIpc) is 3.06. The zero-order valence-corrected chi connectivity index (χ0v) is 17.7. The number of carbonyl (C=O) groups excluding carboxylic acids is 1. The van der Waals surface area contributed by atoms with Gasteiger partial charge in [-0.1, -0.05) is 23.2 Å². The van der Waals surface area contributed by atoms with Crippen LogP contribution in [0.3, 0.4) is 0 Å². The van der Waals surface area contributed by atoms with E-state index in [1.54, 1.807) is 18.2 Å². The number of Topliss-reactive ketones (excluding diaryl/α,β-unsaturated/α-hetero) is 1. The van der Waals surface area contributed by atoms with E-state index >= 15 is 0 Å². The van der Waals surface area contributed by atoms with Crippen LogP contribution >= 0.6 is 23.2 Å². The minimum atomic E-state index is -0.733. The number of rotatable bonds is 4. The van der Waals surface area contributed by atoms with Crippen molar-refractivity contribution >= 4 is 39.9 Å². The van der Waals surface area contributed by atoms with Gasteiger partial charge in [-0.25, -0.2) is 0 Å². The van der Waals surface area contributed by atoms with Gasteiger partial charge in [0.05, 0.1) is 23.4 Å². The van der Waals surface area contributed by atoms with Crippen molar-refractivity contribution in [1.29, 1.82) is 0 Å². The molecule has 30 heavy (non-hydrogen) atoms. The number of ketones is 1. The summed E-state index contributed by atoms with van der Waals surface area (Å²) < 4.78 is 8.04. The molecule has 7 rings (SSSR count). The van der Waals surface area contributed by atoms with Gasteiger partial charge >= 0.3 is 0 Å². The summed E-state index contributed by atoms with van der Waals surface area (Å²) in [6, 6.07) is 11.0. The Kier molecular flexibility index (Phi) is 3.87. The third-order valence-electron chi connectivity index (χ3n) is 7.04. The molecule has 2 heterocycles. The highest BCUT2D eigenvalue weighted by Crippen LogP contribution is 2.73. The molecule has 0 radical (unpaired) electrons. The van der Waals surface area contributed by atoms with Crippen LogP contribution in [0.15, 0.2) is 42.6 Å². The number of aliphatic hydroxyl groups is 1. The smallest absolute Gasteiger partial charge is 0.173 e. The highest BCUT2D eigenvalue weighted by Gasteiger charge is 2.70. The van der Waals surface area contributed by atoms with Gasteiger partial charge in [0.2, 0.25) is 0 Å². The molecule has 1 N–H and O–H groups in total. The van der Waals surface area contributed by atoms with Crippen LogP contribution in [0.25, 0.3) is 10.9 Å². The number of fused-ring (bicyclic) bond motifs is 2. The van der Waals surface area contributed by atoms with Gasteiger partial charge in [0, 0.05) is 33.8 Å². The van der Waals surface area contributed by atoms with Crippen LogP contribution in [0.5, 0.6) is 5.75 Å². The number of halogens is 2. The molecule has 3 aliphatic carbocycles. The van der Waals surface area contributed by atoms with Crippen molar-refractivity contribution < 1.29 is 14.6 Å². The lowest BCUT2D eigenvalue weighted by molar-refractivity contribution is -0.198. The predicted octanol–water partition coefficient (Wildman–Crippen LogP) is 5.07. The van der Waals surface area contributed by atoms with Crippen molar-refractivity contribution in [3.05, 3.63) is 58.2 Å². The second kappa shape index (κ2) is 6.22. The average molecular weight is 443 g/mol. The number of hydrogen-bond acceptors (Lipinski definition) is 4. The molecule has 3 saturated carbocycles. The van der Waals surface area contributed by atoms with Crippen LogP contribution in [-0.4, -0.2) is 26.8 Å². The fourth-order valence-electron chi connectivity index (χ4n) is 5.83. The number of carbonyl (C=O) groups is 1. The summed E-state index contributed by atoms with van der Waals surface area (Å²) in [5.74, 6) is 0.618. The lowest BCUT2D eigenvalue weighted by Gasteiger charge is -2.70. The Morgan fingerprint density at radius 2 is 1.90 bits per heavy atom. The monoisotopic (exact) mass is 442 g/mol. The standard InChI is InChI=1S/C23H20Cl2N2O3/c24-14-1-3-17-13(5-14)9-26-27(17)23-10-22(11-23,12-23)8-19(29)21-7-18(28)16-6-15(25)2-4-20(16)30-21/h1-6,9,18,21,28H,7-8,10-12H2/t18-,21-,22?,23?/m1/s1. The molecule has 4 aliphatic rings. The first-order valence-corrected chi connectivity index (χ1v) is 10.9. The molecule has 2 aromatic carbocycles. The third-order valence-corrected chi connectivity index (χ3v) is 7.51. The van der Waals surface area contributed by atoms with E-state index in [1.165, 1.54) is 0 Å². The Bertz CT molecular complexity index is 1180. The van der Waals surface area contributed by atoms with Gasteiger partial charge < -0.3 is 9.84 Å². The van der Waals surface area contributed by atoms with Crippen molar-refractivity contribution in [2.75, 3.05) is 0 Å². The Morgan fingerprint density at radius 1 is 1.17 bits per heavy atom. The minimum absolute atomic E-state index is 0.0200. The van der Waals surface area contributed by atoms with Crippen molar-refractivity contribution in [1.82, 2.24) is 9.78 Å². The number of benzene rings is 2. The normalized spacial score (nSPS) is 31.4. The summed E-state index contributed by atoms with van der Waals surface area (Å²) in [4.78, 5) is 13.0. The molecule has 0 spiro atoms. The molecule has 2 atom stereocenters.